The van der Waals surface area contributed by atoms with Gasteiger partial charge in [0, 0.05) is 19.5 Å². The number of hydrogen-bond donors (Lipinski definition) is 1. The van der Waals surface area contributed by atoms with Crippen molar-refractivity contribution in [2.24, 2.45) is 5.92 Å². The summed E-state index contributed by atoms with van der Waals surface area (Å²) in [4.78, 5) is 0. The van der Waals surface area contributed by atoms with Crippen LogP contribution in [0.2, 0.25) is 0 Å². The van der Waals surface area contributed by atoms with Gasteiger partial charge in [0.05, 0.1) is 18.6 Å². The van der Waals surface area contributed by atoms with Gasteiger partial charge in [-0.1, -0.05) is 19.1 Å². The van der Waals surface area contributed by atoms with E-state index in [9.17, 15) is 0 Å². The van der Waals surface area contributed by atoms with Crippen LogP contribution in [-0.4, -0.2) is 13.2 Å². The van der Waals surface area contributed by atoms with Crippen LogP contribution >= 0.6 is 0 Å². The Balaban J connectivity index is 1.86. The highest BCUT2D eigenvalue weighted by atomic mass is 16.5. The molecule has 3 heteroatoms. The van der Waals surface area contributed by atoms with Crippen molar-refractivity contribution in [3.8, 4) is 11.8 Å². The number of benzene rings is 1. The largest absolute Gasteiger partial charge is 0.493 e. The number of ether oxygens (including phenoxy) is 1. The molecule has 0 saturated heterocycles. The van der Waals surface area contributed by atoms with E-state index in [0.717, 1.165) is 38.3 Å². The first-order valence-electron chi connectivity index (χ1n) is 6.18. The highest BCUT2D eigenvalue weighted by molar-refractivity contribution is 5.39. The van der Waals surface area contributed by atoms with Gasteiger partial charge in [0.1, 0.15) is 5.75 Å². The Kier molecular flexibility index (Phi) is 4.00. The van der Waals surface area contributed by atoms with E-state index in [1.807, 2.05) is 13.0 Å². The Morgan fingerprint density at radius 2 is 2.41 bits per heavy atom. The predicted molar refractivity (Wildman–Crippen MR) is 66.7 cm³/mol. The molecule has 1 atom stereocenters. The van der Waals surface area contributed by atoms with E-state index in [-0.39, 0.29) is 5.92 Å². The average molecular weight is 230 g/mol. The van der Waals surface area contributed by atoms with Crippen molar-refractivity contribution in [3.63, 3.8) is 0 Å². The molecule has 0 saturated carbocycles. The molecule has 0 fully saturated rings. The summed E-state index contributed by atoms with van der Waals surface area (Å²) in [6.45, 7) is 4.44. The number of nitriles is 1. The van der Waals surface area contributed by atoms with Crippen LogP contribution in [0.15, 0.2) is 18.2 Å². The summed E-state index contributed by atoms with van der Waals surface area (Å²) in [7, 11) is 0. The minimum atomic E-state index is 0.118. The molecule has 0 aromatic heterocycles. The number of nitrogens with zero attached hydrogens (tertiary/aromatic N) is 1. The van der Waals surface area contributed by atoms with E-state index in [0.29, 0.717) is 0 Å². The molecule has 0 spiro atoms. The summed E-state index contributed by atoms with van der Waals surface area (Å²) < 4.78 is 5.47. The van der Waals surface area contributed by atoms with Gasteiger partial charge < -0.3 is 10.1 Å². The molecule has 1 heterocycles. The van der Waals surface area contributed by atoms with E-state index < -0.39 is 0 Å². The van der Waals surface area contributed by atoms with Crippen LogP contribution in [0, 0.1) is 17.2 Å². The molecule has 17 heavy (non-hydrogen) atoms. The minimum absolute atomic E-state index is 0.118. The summed E-state index contributed by atoms with van der Waals surface area (Å²) in [5, 5.41) is 12.2. The van der Waals surface area contributed by atoms with Crippen LogP contribution in [0.5, 0.6) is 5.75 Å². The maximum absolute atomic E-state index is 8.84. The molecule has 1 unspecified atom stereocenters. The molecule has 1 aliphatic rings. The van der Waals surface area contributed by atoms with Gasteiger partial charge in [0.25, 0.3) is 0 Å². The minimum Gasteiger partial charge on any atom is -0.493 e. The van der Waals surface area contributed by atoms with Gasteiger partial charge in [0.2, 0.25) is 0 Å². The monoisotopic (exact) mass is 230 g/mol. The van der Waals surface area contributed by atoms with Gasteiger partial charge in [0.15, 0.2) is 0 Å². The van der Waals surface area contributed by atoms with Crippen LogP contribution in [0.4, 0.5) is 0 Å². The lowest BCUT2D eigenvalue weighted by atomic mass is 10.1. The quantitative estimate of drug-likeness (QED) is 0.844. The molecular formula is C14H18N2O. The zero-order valence-corrected chi connectivity index (χ0v) is 10.2. The molecule has 3 nitrogen and oxygen atoms in total. The van der Waals surface area contributed by atoms with Crippen molar-refractivity contribution < 1.29 is 4.74 Å². The highest BCUT2D eigenvalue weighted by Gasteiger charge is 2.11. The van der Waals surface area contributed by atoms with E-state index in [2.05, 4.69) is 23.5 Å². The molecule has 0 radical (unpaired) electrons. The fourth-order valence-corrected chi connectivity index (χ4v) is 2.02. The lowest BCUT2D eigenvalue weighted by molar-refractivity contribution is 0.357. The second-order valence-electron chi connectivity index (χ2n) is 4.41. The third kappa shape index (κ3) is 2.98. The smallest absolute Gasteiger partial charge is 0.122 e. The van der Waals surface area contributed by atoms with Crippen molar-refractivity contribution in [2.75, 3.05) is 13.2 Å². The molecule has 1 N–H and O–H groups in total. The van der Waals surface area contributed by atoms with E-state index in [1.54, 1.807) is 0 Å². The van der Waals surface area contributed by atoms with Gasteiger partial charge >= 0.3 is 0 Å². The van der Waals surface area contributed by atoms with Gasteiger partial charge in [-0.05, 0) is 23.6 Å². The Labute approximate surface area is 102 Å². The molecule has 1 aliphatic heterocycles. The van der Waals surface area contributed by atoms with Crippen molar-refractivity contribution in [1.82, 2.24) is 5.32 Å². The normalized spacial score (nSPS) is 14.8. The molecule has 0 amide bonds. The third-order valence-corrected chi connectivity index (χ3v) is 3.15. The Morgan fingerprint density at radius 3 is 3.18 bits per heavy atom. The first-order chi connectivity index (χ1) is 8.33. The van der Waals surface area contributed by atoms with Gasteiger partial charge in [-0.2, -0.15) is 5.26 Å². The first kappa shape index (κ1) is 11.9. The second kappa shape index (κ2) is 5.70. The summed E-state index contributed by atoms with van der Waals surface area (Å²) in [6, 6.07) is 8.62. The van der Waals surface area contributed by atoms with Crippen LogP contribution in [0.25, 0.3) is 0 Å². The topological polar surface area (TPSA) is 45.0 Å². The van der Waals surface area contributed by atoms with Gasteiger partial charge in [-0.25, -0.2) is 0 Å². The zero-order chi connectivity index (χ0) is 12.1. The number of rotatable bonds is 5. The lowest BCUT2D eigenvalue weighted by Crippen LogP contribution is -2.21. The highest BCUT2D eigenvalue weighted by Crippen LogP contribution is 2.25. The Hall–Kier alpha value is -1.53. The summed E-state index contributed by atoms with van der Waals surface area (Å²) >= 11 is 0. The van der Waals surface area contributed by atoms with Gasteiger partial charge in [-0.15, -0.1) is 0 Å². The van der Waals surface area contributed by atoms with Crippen molar-refractivity contribution in [2.45, 2.75) is 26.3 Å². The standard InChI is InChI=1S/C14H18N2O/c1-2-11(8-15)9-16-10-12-3-4-14-13(7-12)5-6-17-14/h3-4,7,11,16H,2,5-6,9-10H2,1H3. The molecule has 1 aromatic carbocycles. The summed E-state index contributed by atoms with van der Waals surface area (Å²) in [5.41, 5.74) is 2.57. The summed E-state index contributed by atoms with van der Waals surface area (Å²) in [5.74, 6) is 1.14. The first-order valence-corrected chi connectivity index (χ1v) is 6.18. The number of nitrogens with one attached hydrogen (secondary N) is 1. The van der Waals surface area contributed by atoms with Crippen molar-refractivity contribution >= 4 is 0 Å². The Bertz CT molecular complexity index is 423. The van der Waals surface area contributed by atoms with E-state index in [4.69, 9.17) is 10.00 Å². The molecule has 90 valence electrons. The van der Waals surface area contributed by atoms with Gasteiger partial charge in [-0.3, -0.25) is 0 Å². The molecule has 0 aliphatic carbocycles. The van der Waals surface area contributed by atoms with Crippen LogP contribution in [-0.2, 0) is 13.0 Å². The molecule has 0 bridgehead atoms. The maximum Gasteiger partial charge on any atom is 0.122 e. The van der Waals surface area contributed by atoms with Crippen LogP contribution < -0.4 is 10.1 Å². The zero-order valence-electron chi connectivity index (χ0n) is 10.2. The van der Waals surface area contributed by atoms with Crippen molar-refractivity contribution in [1.29, 1.82) is 5.26 Å². The van der Waals surface area contributed by atoms with Crippen LogP contribution in [0.3, 0.4) is 0 Å². The average Bonchev–Trinajstić information content (AvgIpc) is 2.82. The Morgan fingerprint density at radius 1 is 1.53 bits per heavy atom. The molecular weight excluding hydrogens is 212 g/mol. The number of hydrogen-bond acceptors (Lipinski definition) is 3. The van der Waals surface area contributed by atoms with E-state index in [1.165, 1.54) is 11.1 Å². The predicted octanol–water partition coefficient (Wildman–Crippen LogP) is 2.26. The fraction of sp³-hybridized carbons (Fsp3) is 0.500. The van der Waals surface area contributed by atoms with Crippen LogP contribution in [0.1, 0.15) is 24.5 Å². The number of fused-ring (bicyclic) bond motifs is 1. The maximum atomic E-state index is 8.84. The third-order valence-electron chi connectivity index (χ3n) is 3.15. The lowest BCUT2D eigenvalue weighted by Gasteiger charge is -2.09. The molecule has 1 aromatic rings. The van der Waals surface area contributed by atoms with Crippen molar-refractivity contribution in [3.05, 3.63) is 29.3 Å². The second-order valence-corrected chi connectivity index (χ2v) is 4.41. The fourth-order valence-electron chi connectivity index (χ4n) is 2.02. The molecule has 2 rings (SSSR count). The SMILES string of the molecule is CCC(C#N)CNCc1ccc2c(c1)CCO2. The van der Waals surface area contributed by atoms with E-state index >= 15 is 0 Å². The summed E-state index contributed by atoms with van der Waals surface area (Å²) in [6.07, 6.45) is 1.92.